The van der Waals surface area contributed by atoms with Gasteiger partial charge in [0.05, 0.1) is 5.39 Å². The molecular weight excluding hydrogens is 334 g/mol. The topological polar surface area (TPSA) is 103 Å². The van der Waals surface area contributed by atoms with E-state index in [0.29, 0.717) is 10.8 Å². The number of nitrogens with one attached hydrogen (secondary N) is 1. The Bertz CT molecular complexity index is 1090. The van der Waals surface area contributed by atoms with Gasteiger partial charge >= 0.3 is 5.97 Å². The number of fused-ring (bicyclic) bond motifs is 2. The van der Waals surface area contributed by atoms with Crippen LogP contribution < -0.4 is 5.56 Å². The number of carboxylic acid groups (broad SMARTS) is 1. The molecule has 0 saturated carbocycles. The number of hydrogen-bond acceptors (Lipinski definition) is 4. The number of nitrogens with zero attached hydrogens (tertiary/aromatic N) is 2. The second kappa shape index (κ2) is 6.11. The summed E-state index contributed by atoms with van der Waals surface area (Å²) in [5.41, 5.74) is 1.48. The summed E-state index contributed by atoms with van der Waals surface area (Å²) in [7, 11) is 0. The van der Waals surface area contributed by atoms with Crippen LogP contribution in [-0.4, -0.2) is 38.1 Å². The number of benzene rings is 2. The van der Waals surface area contributed by atoms with Crippen molar-refractivity contribution in [1.82, 2.24) is 15.1 Å². The third kappa shape index (κ3) is 2.54. The van der Waals surface area contributed by atoms with Crippen molar-refractivity contribution in [3.8, 4) is 0 Å². The summed E-state index contributed by atoms with van der Waals surface area (Å²) in [6.45, 7) is 0.182. The molecule has 3 aromatic rings. The van der Waals surface area contributed by atoms with E-state index in [0.717, 1.165) is 11.1 Å². The number of hydrogen-bond donors (Lipinski definition) is 2. The Balaban J connectivity index is 1.82. The molecule has 0 unspecified atom stereocenters. The van der Waals surface area contributed by atoms with E-state index >= 15 is 0 Å². The van der Waals surface area contributed by atoms with Crippen LogP contribution in [0.5, 0.6) is 0 Å². The number of carboxylic acids is 1. The summed E-state index contributed by atoms with van der Waals surface area (Å²) in [6.07, 6.45) is 0.235. The van der Waals surface area contributed by atoms with Gasteiger partial charge in [-0.25, -0.2) is 9.89 Å². The first-order valence-electron chi connectivity index (χ1n) is 8.14. The molecule has 130 valence electrons. The molecule has 0 radical (unpaired) electrons. The average Bonchev–Trinajstić information content (AvgIpc) is 2.67. The monoisotopic (exact) mass is 349 g/mol. The van der Waals surface area contributed by atoms with Crippen LogP contribution in [0.2, 0.25) is 0 Å². The average molecular weight is 349 g/mol. The number of aromatic amines is 1. The molecule has 1 atom stereocenters. The van der Waals surface area contributed by atoms with E-state index in [9.17, 15) is 19.5 Å². The van der Waals surface area contributed by atoms with Crippen molar-refractivity contribution in [2.75, 3.05) is 0 Å². The van der Waals surface area contributed by atoms with E-state index in [-0.39, 0.29) is 18.7 Å². The fourth-order valence-electron chi connectivity index (χ4n) is 3.37. The lowest BCUT2D eigenvalue weighted by Gasteiger charge is -2.34. The van der Waals surface area contributed by atoms with Crippen LogP contribution in [0.3, 0.4) is 0 Å². The standard InChI is InChI=1S/C19H15N3O4/c23-17-14-8-4-3-7-13(14)16(20-21-17)18(24)22-10-12-6-2-1-5-11(12)9-15(22)19(25)26/h1-8,15H,9-10H2,(H,21,23)(H,25,26)/t15-/m0/s1. The summed E-state index contributed by atoms with van der Waals surface area (Å²) >= 11 is 0. The lowest BCUT2D eigenvalue weighted by molar-refractivity contribution is -0.142. The number of amides is 1. The van der Waals surface area contributed by atoms with E-state index in [1.54, 1.807) is 24.3 Å². The van der Waals surface area contributed by atoms with Crippen LogP contribution in [0.25, 0.3) is 10.8 Å². The lowest BCUT2D eigenvalue weighted by Crippen LogP contribution is -2.49. The first-order chi connectivity index (χ1) is 12.6. The maximum Gasteiger partial charge on any atom is 0.326 e. The van der Waals surface area contributed by atoms with Crippen LogP contribution in [0, 0.1) is 0 Å². The van der Waals surface area contributed by atoms with Gasteiger partial charge in [-0.2, -0.15) is 5.10 Å². The fourth-order valence-corrected chi connectivity index (χ4v) is 3.37. The highest BCUT2D eigenvalue weighted by atomic mass is 16.4. The minimum absolute atomic E-state index is 0.0471. The Morgan fingerprint density at radius 2 is 1.69 bits per heavy atom. The van der Waals surface area contributed by atoms with Crippen LogP contribution in [0.4, 0.5) is 0 Å². The van der Waals surface area contributed by atoms with Gasteiger partial charge in [-0.05, 0) is 17.2 Å². The first kappa shape index (κ1) is 16.0. The van der Waals surface area contributed by atoms with Gasteiger partial charge in [-0.1, -0.05) is 42.5 Å². The van der Waals surface area contributed by atoms with E-state index in [4.69, 9.17) is 0 Å². The minimum Gasteiger partial charge on any atom is -0.480 e. The van der Waals surface area contributed by atoms with Gasteiger partial charge < -0.3 is 10.0 Å². The van der Waals surface area contributed by atoms with Crippen LogP contribution in [0.1, 0.15) is 21.6 Å². The minimum atomic E-state index is -1.07. The fraction of sp³-hybridized carbons (Fsp3) is 0.158. The second-order valence-corrected chi connectivity index (χ2v) is 6.21. The predicted molar refractivity (Wildman–Crippen MR) is 93.8 cm³/mol. The molecule has 2 heterocycles. The quantitative estimate of drug-likeness (QED) is 0.731. The maximum atomic E-state index is 13.1. The van der Waals surface area contributed by atoms with Crippen LogP contribution in [-0.2, 0) is 17.8 Å². The molecule has 1 aromatic heterocycles. The van der Waals surface area contributed by atoms with Gasteiger partial charge in [0.15, 0.2) is 5.69 Å². The Morgan fingerprint density at radius 1 is 1.04 bits per heavy atom. The third-order valence-electron chi connectivity index (χ3n) is 4.69. The number of H-pyrrole nitrogens is 1. The molecule has 2 N–H and O–H groups in total. The second-order valence-electron chi connectivity index (χ2n) is 6.21. The van der Waals surface area contributed by atoms with E-state index < -0.39 is 23.5 Å². The molecule has 0 saturated heterocycles. The molecule has 1 amide bonds. The number of aliphatic carboxylic acids is 1. The number of aromatic nitrogens is 2. The Labute approximate surface area is 147 Å². The molecular formula is C19H15N3O4. The largest absolute Gasteiger partial charge is 0.480 e. The molecule has 26 heavy (non-hydrogen) atoms. The van der Waals surface area contributed by atoms with Crippen molar-refractivity contribution in [1.29, 1.82) is 0 Å². The van der Waals surface area contributed by atoms with Crippen LogP contribution >= 0.6 is 0 Å². The molecule has 4 rings (SSSR count). The molecule has 1 aliphatic heterocycles. The zero-order valence-electron chi connectivity index (χ0n) is 13.7. The van der Waals surface area contributed by atoms with Crippen molar-refractivity contribution in [3.05, 3.63) is 75.7 Å². The van der Waals surface area contributed by atoms with Crippen molar-refractivity contribution < 1.29 is 14.7 Å². The molecule has 1 aliphatic rings. The molecule has 0 bridgehead atoms. The van der Waals surface area contributed by atoms with Gasteiger partial charge in [0.1, 0.15) is 6.04 Å². The smallest absolute Gasteiger partial charge is 0.326 e. The van der Waals surface area contributed by atoms with Gasteiger partial charge in [-0.3, -0.25) is 9.59 Å². The lowest BCUT2D eigenvalue weighted by atomic mass is 9.93. The van der Waals surface area contributed by atoms with E-state index in [1.807, 2.05) is 24.3 Å². The Kier molecular flexibility index (Phi) is 3.76. The van der Waals surface area contributed by atoms with Gasteiger partial charge in [-0.15, -0.1) is 0 Å². The van der Waals surface area contributed by atoms with Crippen molar-refractivity contribution in [3.63, 3.8) is 0 Å². The molecule has 7 nitrogen and oxygen atoms in total. The van der Waals surface area contributed by atoms with Crippen molar-refractivity contribution in [2.45, 2.75) is 19.0 Å². The highest BCUT2D eigenvalue weighted by Crippen LogP contribution is 2.26. The Hall–Kier alpha value is -3.48. The van der Waals surface area contributed by atoms with Gasteiger partial charge in [0.25, 0.3) is 11.5 Å². The third-order valence-corrected chi connectivity index (χ3v) is 4.69. The summed E-state index contributed by atoms with van der Waals surface area (Å²) in [6, 6.07) is 13.1. The number of carbonyl (C=O) groups excluding carboxylic acids is 1. The van der Waals surface area contributed by atoms with E-state index in [1.165, 1.54) is 4.90 Å². The summed E-state index contributed by atoms with van der Waals surface area (Å²) in [4.78, 5) is 38.1. The number of carbonyl (C=O) groups is 2. The van der Waals surface area contributed by atoms with Crippen molar-refractivity contribution >= 4 is 22.6 Å². The molecule has 0 aliphatic carbocycles. The zero-order chi connectivity index (χ0) is 18.3. The van der Waals surface area contributed by atoms with E-state index in [2.05, 4.69) is 10.2 Å². The summed E-state index contributed by atoms with van der Waals surface area (Å²) in [5, 5.41) is 16.6. The van der Waals surface area contributed by atoms with Crippen LogP contribution in [0.15, 0.2) is 53.3 Å². The molecule has 7 heteroatoms. The molecule has 0 spiro atoms. The van der Waals surface area contributed by atoms with Gasteiger partial charge in [0, 0.05) is 18.4 Å². The Morgan fingerprint density at radius 3 is 2.42 bits per heavy atom. The zero-order valence-corrected chi connectivity index (χ0v) is 13.7. The first-order valence-corrected chi connectivity index (χ1v) is 8.14. The number of rotatable bonds is 2. The maximum absolute atomic E-state index is 13.1. The van der Waals surface area contributed by atoms with Gasteiger partial charge in [0.2, 0.25) is 0 Å². The summed E-state index contributed by atoms with van der Waals surface area (Å²) in [5.74, 6) is -1.58. The molecule has 0 fully saturated rings. The normalized spacial score (nSPS) is 16.3. The molecule has 2 aromatic carbocycles. The predicted octanol–water partition coefficient (Wildman–Crippen LogP) is 1.57. The highest BCUT2D eigenvalue weighted by Gasteiger charge is 2.36. The SMILES string of the molecule is O=C(O)[C@@H]1Cc2ccccc2CN1C(=O)c1n[nH]c(=O)c2ccccc12. The highest BCUT2D eigenvalue weighted by molar-refractivity contribution is 6.05. The van der Waals surface area contributed by atoms with Crippen molar-refractivity contribution in [2.24, 2.45) is 0 Å². The summed E-state index contributed by atoms with van der Waals surface area (Å²) < 4.78 is 0.